The highest BCUT2D eigenvalue weighted by Gasteiger charge is 2.23. The van der Waals surface area contributed by atoms with Crippen LogP contribution in [0.25, 0.3) is 10.9 Å². The highest BCUT2D eigenvalue weighted by Crippen LogP contribution is 2.39. The Morgan fingerprint density at radius 1 is 1.26 bits per heavy atom. The number of H-pyrrole nitrogens is 1. The van der Waals surface area contributed by atoms with E-state index < -0.39 is 0 Å². The number of rotatable bonds is 3. The number of fused-ring (bicyclic) bond motifs is 2. The molecule has 2 aromatic heterocycles. The first-order valence-electron chi connectivity index (χ1n) is 7.78. The Morgan fingerprint density at radius 2 is 2.09 bits per heavy atom. The summed E-state index contributed by atoms with van der Waals surface area (Å²) in [4.78, 5) is 21.0. The average Bonchev–Trinajstić information content (AvgIpc) is 3.13. The molecule has 3 N–H and O–H groups in total. The third kappa shape index (κ3) is 2.47. The maximum atomic E-state index is 11.9. The lowest BCUT2D eigenvalue weighted by molar-refractivity contribution is 0.100. The first-order valence-corrected chi connectivity index (χ1v) is 8.60. The Hall–Kier alpha value is -2.40. The number of hydrogen-bond acceptors (Lipinski definition) is 3. The number of primary amides is 1. The molecule has 0 atom stereocenters. The van der Waals surface area contributed by atoms with Gasteiger partial charge in [-0.15, -0.1) is 11.3 Å². The summed E-state index contributed by atoms with van der Waals surface area (Å²) >= 11 is 1.61. The number of nitrogens with one attached hydrogen (secondary N) is 1. The van der Waals surface area contributed by atoms with Gasteiger partial charge in [-0.1, -0.05) is 18.2 Å². The number of benzene rings is 1. The van der Waals surface area contributed by atoms with E-state index in [9.17, 15) is 4.79 Å². The van der Waals surface area contributed by atoms with Crippen LogP contribution in [0.1, 0.15) is 39.2 Å². The molecule has 116 valence electrons. The van der Waals surface area contributed by atoms with Crippen molar-refractivity contribution in [3.8, 4) is 0 Å². The van der Waals surface area contributed by atoms with E-state index >= 15 is 0 Å². The summed E-state index contributed by atoms with van der Waals surface area (Å²) in [7, 11) is 0. The van der Waals surface area contributed by atoms with Crippen LogP contribution in [-0.4, -0.2) is 17.1 Å². The second-order valence-electron chi connectivity index (χ2n) is 5.80. The molecule has 0 aliphatic heterocycles. The lowest BCUT2D eigenvalue weighted by atomic mass is 9.95. The van der Waals surface area contributed by atoms with Crippen molar-refractivity contribution in [1.29, 1.82) is 0 Å². The van der Waals surface area contributed by atoms with Gasteiger partial charge in [0.1, 0.15) is 5.00 Å². The number of aromatic amines is 1. The van der Waals surface area contributed by atoms with E-state index in [4.69, 9.17) is 5.73 Å². The zero-order valence-corrected chi connectivity index (χ0v) is 13.5. The molecular weight excluding hydrogens is 306 g/mol. The van der Waals surface area contributed by atoms with Crippen LogP contribution in [0.5, 0.6) is 0 Å². The van der Waals surface area contributed by atoms with Crippen molar-refractivity contribution < 1.29 is 4.79 Å². The van der Waals surface area contributed by atoms with Gasteiger partial charge in [0.2, 0.25) is 0 Å². The van der Waals surface area contributed by atoms with E-state index in [-0.39, 0.29) is 5.91 Å². The summed E-state index contributed by atoms with van der Waals surface area (Å²) < 4.78 is 0. The fourth-order valence-electron chi connectivity index (χ4n) is 3.23. The highest BCUT2D eigenvalue weighted by atomic mass is 32.1. The fourth-order valence-corrected chi connectivity index (χ4v) is 4.46. The molecule has 23 heavy (non-hydrogen) atoms. The van der Waals surface area contributed by atoms with Gasteiger partial charge in [0.05, 0.1) is 5.56 Å². The van der Waals surface area contributed by atoms with E-state index in [1.54, 1.807) is 11.3 Å². The zero-order chi connectivity index (χ0) is 15.8. The Kier molecular flexibility index (Phi) is 3.50. The normalized spacial score (nSPS) is 14.4. The van der Waals surface area contributed by atoms with Gasteiger partial charge < -0.3 is 10.7 Å². The minimum atomic E-state index is -0.365. The summed E-state index contributed by atoms with van der Waals surface area (Å²) in [5, 5.41) is 1.87. The molecule has 0 spiro atoms. The summed E-state index contributed by atoms with van der Waals surface area (Å²) in [6.45, 7) is 0. The molecule has 3 aromatic rings. The molecule has 0 fully saturated rings. The van der Waals surface area contributed by atoms with Crippen LogP contribution in [0.2, 0.25) is 0 Å². The topological polar surface area (TPSA) is 71.2 Å². The molecule has 0 saturated carbocycles. The van der Waals surface area contributed by atoms with Crippen molar-refractivity contribution >= 4 is 39.4 Å². The molecule has 4 nitrogen and oxygen atoms in total. The van der Waals surface area contributed by atoms with Gasteiger partial charge in [-0.2, -0.15) is 0 Å². The number of aromatic nitrogens is 1. The SMILES string of the molecule is NC(=O)c1c(N=Cc2c[nH]c3ccccc23)sc2c1CCCC2. The van der Waals surface area contributed by atoms with Crippen LogP contribution in [0, 0.1) is 0 Å². The molecule has 1 amide bonds. The lowest BCUT2D eigenvalue weighted by Crippen LogP contribution is -2.14. The Morgan fingerprint density at radius 3 is 2.96 bits per heavy atom. The molecule has 5 heteroatoms. The van der Waals surface area contributed by atoms with Gasteiger partial charge in [-0.25, -0.2) is 4.99 Å². The first kappa shape index (κ1) is 14.2. The number of carbonyl (C=O) groups is 1. The molecule has 0 unspecified atom stereocenters. The minimum absolute atomic E-state index is 0.365. The number of nitrogens with two attached hydrogens (primary N) is 1. The number of para-hydroxylation sites is 1. The summed E-state index contributed by atoms with van der Waals surface area (Å²) in [6.07, 6.45) is 8.02. The van der Waals surface area contributed by atoms with Gasteiger partial charge in [-0.3, -0.25) is 4.79 Å². The quantitative estimate of drug-likeness (QED) is 0.704. The first-order chi connectivity index (χ1) is 11.2. The number of nitrogens with zero attached hydrogens (tertiary/aromatic N) is 1. The number of thiophene rings is 1. The van der Waals surface area contributed by atoms with E-state index in [1.165, 1.54) is 11.3 Å². The Bertz CT molecular complexity index is 920. The van der Waals surface area contributed by atoms with Crippen LogP contribution < -0.4 is 5.73 Å². The number of hydrogen-bond donors (Lipinski definition) is 2. The molecule has 0 radical (unpaired) electrons. The van der Waals surface area contributed by atoms with E-state index in [2.05, 4.69) is 16.0 Å². The molecule has 0 bridgehead atoms. The molecule has 1 aromatic carbocycles. The molecule has 1 aliphatic carbocycles. The van der Waals surface area contributed by atoms with Gasteiger partial charge in [0.25, 0.3) is 5.91 Å². The second-order valence-corrected chi connectivity index (χ2v) is 6.89. The van der Waals surface area contributed by atoms with Gasteiger partial charge in [0, 0.05) is 33.8 Å². The monoisotopic (exact) mass is 323 g/mol. The van der Waals surface area contributed by atoms with E-state index in [0.717, 1.165) is 46.3 Å². The zero-order valence-electron chi connectivity index (χ0n) is 12.6. The molecular formula is C18H17N3OS. The Labute approximate surface area is 138 Å². The summed E-state index contributed by atoms with van der Waals surface area (Å²) in [5.74, 6) is -0.365. The Balaban J connectivity index is 1.76. The van der Waals surface area contributed by atoms with Crippen molar-refractivity contribution in [2.75, 3.05) is 0 Å². The van der Waals surface area contributed by atoms with Crippen LogP contribution >= 0.6 is 11.3 Å². The maximum absolute atomic E-state index is 11.9. The number of carbonyl (C=O) groups excluding carboxylic acids is 1. The van der Waals surface area contributed by atoms with E-state index in [0.29, 0.717) is 5.56 Å². The van der Waals surface area contributed by atoms with E-state index in [1.807, 2.05) is 30.6 Å². The maximum Gasteiger partial charge on any atom is 0.252 e. The predicted octanol–water partition coefficient (Wildman–Crippen LogP) is 3.96. The number of amides is 1. The number of aryl methyl sites for hydroxylation is 1. The predicted molar refractivity (Wildman–Crippen MR) is 95.0 cm³/mol. The third-order valence-electron chi connectivity index (χ3n) is 4.34. The highest BCUT2D eigenvalue weighted by molar-refractivity contribution is 7.16. The van der Waals surface area contributed by atoms with Crippen molar-refractivity contribution in [1.82, 2.24) is 4.98 Å². The van der Waals surface area contributed by atoms with Crippen LogP contribution in [0.3, 0.4) is 0 Å². The van der Waals surface area contributed by atoms with Crippen molar-refractivity contribution in [2.45, 2.75) is 25.7 Å². The average molecular weight is 323 g/mol. The van der Waals surface area contributed by atoms with Crippen molar-refractivity contribution in [3.05, 3.63) is 52.0 Å². The standard InChI is InChI=1S/C18H17N3OS/c19-17(22)16-13-6-2-4-8-15(13)23-18(16)21-10-11-9-20-14-7-3-1-5-12(11)14/h1,3,5,7,9-10,20H,2,4,6,8H2,(H2,19,22). The van der Waals surface area contributed by atoms with Crippen LogP contribution in [0.4, 0.5) is 5.00 Å². The van der Waals surface area contributed by atoms with Gasteiger partial charge >= 0.3 is 0 Å². The summed E-state index contributed by atoms with van der Waals surface area (Å²) in [5.41, 5.74) is 9.46. The smallest absolute Gasteiger partial charge is 0.252 e. The fraction of sp³-hybridized carbons (Fsp3) is 0.222. The van der Waals surface area contributed by atoms with Crippen LogP contribution in [0.15, 0.2) is 35.5 Å². The van der Waals surface area contributed by atoms with Crippen molar-refractivity contribution in [2.24, 2.45) is 10.7 Å². The second kappa shape index (κ2) is 5.66. The lowest BCUT2D eigenvalue weighted by Gasteiger charge is -2.10. The van der Waals surface area contributed by atoms with Crippen molar-refractivity contribution in [3.63, 3.8) is 0 Å². The molecule has 0 saturated heterocycles. The van der Waals surface area contributed by atoms with Crippen LogP contribution in [-0.2, 0) is 12.8 Å². The van der Waals surface area contributed by atoms with Gasteiger partial charge in [-0.05, 0) is 37.3 Å². The number of aliphatic imine (C=N–C) groups is 1. The molecule has 2 heterocycles. The summed E-state index contributed by atoms with van der Waals surface area (Å²) in [6, 6.07) is 8.09. The minimum Gasteiger partial charge on any atom is -0.365 e. The molecule has 1 aliphatic rings. The third-order valence-corrected chi connectivity index (χ3v) is 5.54. The molecule has 4 rings (SSSR count). The van der Waals surface area contributed by atoms with Gasteiger partial charge in [0.15, 0.2) is 0 Å². The largest absolute Gasteiger partial charge is 0.365 e.